The molecule has 0 spiro atoms. The first kappa shape index (κ1) is 16.5. The van der Waals surface area contributed by atoms with E-state index in [4.69, 9.17) is 4.74 Å². The first-order chi connectivity index (χ1) is 10.1. The highest BCUT2D eigenvalue weighted by molar-refractivity contribution is 5.22. The molecule has 1 fully saturated rings. The van der Waals surface area contributed by atoms with Gasteiger partial charge in [-0.2, -0.15) is 0 Å². The zero-order valence-electron chi connectivity index (χ0n) is 13.8. The van der Waals surface area contributed by atoms with Gasteiger partial charge in [0.05, 0.1) is 13.2 Å². The number of hydrogen-bond donors (Lipinski definition) is 1. The van der Waals surface area contributed by atoms with E-state index in [1.54, 1.807) is 0 Å². The van der Waals surface area contributed by atoms with Crippen molar-refractivity contribution < 1.29 is 4.74 Å². The van der Waals surface area contributed by atoms with Crippen molar-refractivity contribution in [3.8, 4) is 0 Å². The van der Waals surface area contributed by atoms with Gasteiger partial charge in [-0.05, 0) is 37.6 Å². The molecule has 1 atom stereocenters. The smallest absolute Gasteiger partial charge is 0.0717 e. The van der Waals surface area contributed by atoms with Crippen molar-refractivity contribution in [2.75, 3.05) is 20.2 Å². The van der Waals surface area contributed by atoms with E-state index in [1.165, 1.54) is 36.9 Å². The van der Waals surface area contributed by atoms with E-state index in [2.05, 4.69) is 55.4 Å². The Kier molecular flexibility index (Phi) is 6.68. The van der Waals surface area contributed by atoms with Crippen molar-refractivity contribution in [2.45, 2.75) is 58.3 Å². The largest absolute Gasteiger partial charge is 0.375 e. The molecule has 0 aliphatic carbocycles. The molecule has 0 bridgehead atoms. The maximum atomic E-state index is 5.95. The summed E-state index contributed by atoms with van der Waals surface area (Å²) in [6, 6.07) is 9.83. The predicted octanol–water partition coefficient (Wildman–Crippen LogP) is 3.19. The van der Waals surface area contributed by atoms with Crippen molar-refractivity contribution in [3.05, 3.63) is 35.4 Å². The van der Waals surface area contributed by atoms with Gasteiger partial charge < -0.3 is 15.0 Å². The van der Waals surface area contributed by atoms with Gasteiger partial charge in [-0.15, -0.1) is 0 Å². The van der Waals surface area contributed by atoms with E-state index >= 15 is 0 Å². The van der Waals surface area contributed by atoms with Crippen LogP contribution in [0.2, 0.25) is 0 Å². The maximum Gasteiger partial charge on any atom is 0.0717 e. The van der Waals surface area contributed by atoms with Crippen LogP contribution in [0.1, 0.15) is 44.2 Å². The second-order valence-electron chi connectivity index (χ2n) is 6.50. The number of ether oxygens (including phenoxy) is 1. The number of nitrogens with zero attached hydrogens (tertiary/aromatic N) is 1. The Morgan fingerprint density at radius 1 is 1.29 bits per heavy atom. The molecule has 2 rings (SSSR count). The highest BCUT2D eigenvalue weighted by Gasteiger charge is 2.18. The quantitative estimate of drug-likeness (QED) is 0.834. The summed E-state index contributed by atoms with van der Waals surface area (Å²) in [5.74, 6) is 0. The second-order valence-corrected chi connectivity index (χ2v) is 6.50. The van der Waals surface area contributed by atoms with Crippen LogP contribution in [0.25, 0.3) is 0 Å². The summed E-state index contributed by atoms with van der Waals surface area (Å²) < 4.78 is 5.95. The van der Waals surface area contributed by atoms with Crippen LogP contribution in [0, 0.1) is 0 Å². The molecule has 118 valence electrons. The Bertz CT molecular complexity index is 419. The fraction of sp³-hybridized carbons (Fsp3) is 0.667. The van der Waals surface area contributed by atoms with Gasteiger partial charge >= 0.3 is 0 Å². The molecule has 3 heteroatoms. The fourth-order valence-electron chi connectivity index (χ4n) is 2.82. The Morgan fingerprint density at radius 2 is 2.10 bits per heavy atom. The molecule has 1 aliphatic heterocycles. The lowest BCUT2D eigenvalue weighted by Crippen LogP contribution is -2.39. The molecule has 1 heterocycles. The minimum atomic E-state index is 0.520. The summed E-state index contributed by atoms with van der Waals surface area (Å²) in [4.78, 5) is 2.44. The topological polar surface area (TPSA) is 24.5 Å². The third kappa shape index (κ3) is 5.77. The number of piperidine rings is 1. The van der Waals surface area contributed by atoms with Crippen LogP contribution in [0.5, 0.6) is 0 Å². The van der Waals surface area contributed by atoms with Gasteiger partial charge in [0.25, 0.3) is 0 Å². The Labute approximate surface area is 129 Å². The second kappa shape index (κ2) is 8.52. The molecule has 1 saturated heterocycles. The van der Waals surface area contributed by atoms with Gasteiger partial charge in [0.2, 0.25) is 0 Å². The zero-order chi connectivity index (χ0) is 15.1. The molecule has 0 aromatic heterocycles. The summed E-state index contributed by atoms with van der Waals surface area (Å²) >= 11 is 0. The van der Waals surface area contributed by atoms with E-state index in [1.807, 2.05) is 0 Å². The van der Waals surface area contributed by atoms with Crippen LogP contribution in [-0.2, 0) is 17.9 Å². The number of hydrogen-bond acceptors (Lipinski definition) is 3. The summed E-state index contributed by atoms with van der Waals surface area (Å²) in [5.41, 5.74) is 2.61. The summed E-state index contributed by atoms with van der Waals surface area (Å²) in [7, 11) is 2.21. The molecular weight excluding hydrogens is 260 g/mol. The maximum absolute atomic E-state index is 5.95. The van der Waals surface area contributed by atoms with Crippen molar-refractivity contribution in [3.63, 3.8) is 0 Å². The molecular formula is C18H30N2O. The van der Waals surface area contributed by atoms with Crippen LogP contribution < -0.4 is 5.32 Å². The number of benzene rings is 1. The molecule has 1 aromatic rings. The van der Waals surface area contributed by atoms with E-state index < -0.39 is 0 Å². The molecule has 0 saturated carbocycles. The summed E-state index contributed by atoms with van der Waals surface area (Å²) in [5, 5.41) is 3.46. The minimum absolute atomic E-state index is 0.520. The number of nitrogens with one attached hydrogen (secondary N) is 1. The first-order valence-corrected chi connectivity index (χ1v) is 8.24. The van der Waals surface area contributed by atoms with Crippen molar-refractivity contribution in [1.82, 2.24) is 10.2 Å². The summed E-state index contributed by atoms with van der Waals surface area (Å²) in [6.45, 7) is 8.06. The average molecular weight is 290 g/mol. The van der Waals surface area contributed by atoms with Gasteiger partial charge in [-0.25, -0.2) is 0 Å². The lowest BCUT2D eigenvalue weighted by molar-refractivity contribution is 0.0444. The van der Waals surface area contributed by atoms with Gasteiger partial charge in [0, 0.05) is 18.6 Å². The minimum Gasteiger partial charge on any atom is -0.375 e. The standard InChI is InChI=1S/C18H30N2O/c1-15(2)19-12-16-7-6-8-17(11-16)13-21-14-18-9-4-5-10-20(18)3/h6-8,11,15,18-19H,4-5,9-10,12-14H2,1-3H3. The molecule has 1 unspecified atom stereocenters. The molecule has 0 radical (unpaired) electrons. The van der Waals surface area contributed by atoms with E-state index in [9.17, 15) is 0 Å². The Balaban J connectivity index is 1.76. The van der Waals surface area contributed by atoms with E-state index in [0.29, 0.717) is 12.1 Å². The monoisotopic (exact) mass is 290 g/mol. The SMILES string of the molecule is CC(C)NCc1cccc(COCC2CCCCN2C)c1. The number of rotatable bonds is 7. The van der Waals surface area contributed by atoms with Gasteiger partial charge in [0.1, 0.15) is 0 Å². The molecule has 0 amide bonds. The van der Waals surface area contributed by atoms with Crippen LogP contribution in [0.3, 0.4) is 0 Å². The molecule has 3 nitrogen and oxygen atoms in total. The van der Waals surface area contributed by atoms with Crippen molar-refractivity contribution in [1.29, 1.82) is 0 Å². The van der Waals surface area contributed by atoms with Gasteiger partial charge in [-0.1, -0.05) is 44.5 Å². The first-order valence-electron chi connectivity index (χ1n) is 8.24. The number of likely N-dealkylation sites (N-methyl/N-ethyl adjacent to an activating group) is 1. The normalized spacial score (nSPS) is 20.1. The van der Waals surface area contributed by atoms with Crippen LogP contribution >= 0.6 is 0 Å². The highest BCUT2D eigenvalue weighted by atomic mass is 16.5. The van der Waals surface area contributed by atoms with Gasteiger partial charge in [0.15, 0.2) is 0 Å². The fourth-order valence-corrected chi connectivity index (χ4v) is 2.82. The van der Waals surface area contributed by atoms with Gasteiger partial charge in [-0.3, -0.25) is 0 Å². The highest BCUT2D eigenvalue weighted by Crippen LogP contribution is 2.16. The van der Waals surface area contributed by atoms with E-state index in [-0.39, 0.29) is 0 Å². The Morgan fingerprint density at radius 3 is 2.86 bits per heavy atom. The predicted molar refractivity (Wildman–Crippen MR) is 88.3 cm³/mol. The number of likely N-dealkylation sites (tertiary alicyclic amines) is 1. The lowest BCUT2D eigenvalue weighted by Gasteiger charge is -2.32. The summed E-state index contributed by atoms with van der Waals surface area (Å²) in [6.07, 6.45) is 3.95. The molecule has 1 aliphatic rings. The van der Waals surface area contributed by atoms with Crippen LogP contribution in [0.15, 0.2) is 24.3 Å². The lowest BCUT2D eigenvalue weighted by atomic mass is 10.0. The zero-order valence-corrected chi connectivity index (χ0v) is 13.8. The molecule has 21 heavy (non-hydrogen) atoms. The third-order valence-corrected chi connectivity index (χ3v) is 4.21. The van der Waals surface area contributed by atoms with E-state index in [0.717, 1.165) is 19.8 Å². The third-order valence-electron chi connectivity index (χ3n) is 4.21. The van der Waals surface area contributed by atoms with Crippen LogP contribution in [0.4, 0.5) is 0 Å². The molecule has 1 aromatic carbocycles. The Hall–Kier alpha value is -0.900. The van der Waals surface area contributed by atoms with Crippen molar-refractivity contribution in [2.24, 2.45) is 0 Å². The van der Waals surface area contributed by atoms with Crippen molar-refractivity contribution >= 4 is 0 Å². The average Bonchev–Trinajstić information content (AvgIpc) is 2.48. The van der Waals surface area contributed by atoms with Crippen LogP contribution in [-0.4, -0.2) is 37.2 Å². The molecule has 1 N–H and O–H groups in total.